The zero-order valence-corrected chi connectivity index (χ0v) is 12.5. The van der Waals surface area contributed by atoms with Gasteiger partial charge in [-0.15, -0.1) is 0 Å². The third-order valence-corrected chi connectivity index (χ3v) is 3.38. The van der Waals surface area contributed by atoms with Crippen molar-refractivity contribution in [2.75, 3.05) is 13.2 Å². The first-order valence-electron chi connectivity index (χ1n) is 7.13. The number of aromatic nitrogens is 2. The van der Waals surface area contributed by atoms with E-state index in [1.807, 2.05) is 10.8 Å². The van der Waals surface area contributed by atoms with Crippen LogP contribution in [0.1, 0.15) is 31.0 Å². The molecule has 0 aliphatic heterocycles. The van der Waals surface area contributed by atoms with Gasteiger partial charge in [0.2, 0.25) is 0 Å². The highest BCUT2D eigenvalue weighted by molar-refractivity contribution is 5.37. The molecule has 1 N–H and O–H groups in total. The molecule has 0 aliphatic rings. The van der Waals surface area contributed by atoms with Gasteiger partial charge in [0.1, 0.15) is 12.4 Å². The van der Waals surface area contributed by atoms with Crippen LogP contribution in [0.4, 0.5) is 0 Å². The molecule has 2 rings (SSSR count). The maximum absolute atomic E-state index is 5.84. The van der Waals surface area contributed by atoms with Crippen LogP contribution in [0.5, 0.6) is 5.75 Å². The van der Waals surface area contributed by atoms with Gasteiger partial charge in [-0.1, -0.05) is 19.1 Å². The second-order valence-corrected chi connectivity index (χ2v) is 4.95. The Kier molecular flexibility index (Phi) is 5.18. The quantitative estimate of drug-likeness (QED) is 0.843. The van der Waals surface area contributed by atoms with Crippen LogP contribution < -0.4 is 10.1 Å². The lowest BCUT2D eigenvalue weighted by Gasteiger charge is -2.15. The van der Waals surface area contributed by atoms with Gasteiger partial charge < -0.3 is 14.6 Å². The predicted molar refractivity (Wildman–Crippen MR) is 81.0 cm³/mol. The molecule has 1 aromatic carbocycles. The first-order chi connectivity index (χ1) is 9.70. The average molecular weight is 273 g/mol. The standard InChI is InChI=1S/C16H23N3O/c1-4-18-14(3)15-5-6-16(13(2)11-15)20-10-9-19-8-7-17-12-19/h5-8,11-12,14,18H,4,9-10H2,1-3H3. The zero-order valence-electron chi connectivity index (χ0n) is 12.5. The fraction of sp³-hybridized carbons (Fsp3) is 0.438. The summed E-state index contributed by atoms with van der Waals surface area (Å²) in [7, 11) is 0. The van der Waals surface area contributed by atoms with Crippen LogP contribution >= 0.6 is 0 Å². The van der Waals surface area contributed by atoms with Crippen molar-refractivity contribution in [1.82, 2.24) is 14.9 Å². The molecule has 0 fully saturated rings. The fourth-order valence-electron chi connectivity index (χ4n) is 2.21. The molecule has 1 unspecified atom stereocenters. The van der Waals surface area contributed by atoms with Gasteiger partial charge in [0.25, 0.3) is 0 Å². The molecule has 108 valence electrons. The highest BCUT2D eigenvalue weighted by Crippen LogP contribution is 2.22. The Morgan fingerprint density at radius 1 is 1.40 bits per heavy atom. The maximum Gasteiger partial charge on any atom is 0.122 e. The summed E-state index contributed by atoms with van der Waals surface area (Å²) in [6.45, 7) is 8.83. The van der Waals surface area contributed by atoms with Gasteiger partial charge in [0, 0.05) is 18.4 Å². The average Bonchev–Trinajstić information content (AvgIpc) is 2.94. The molecule has 0 aliphatic carbocycles. The van der Waals surface area contributed by atoms with E-state index in [0.717, 1.165) is 18.8 Å². The highest BCUT2D eigenvalue weighted by atomic mass is 16.5. The number of nitrogens with zero attached hydrogens (tertiary/aromatic N) is 2. The minimum atomic E-state index is 0.374. The van der Waals surface area contributed by atoms with E-state index in [4.69, 9.17) is 4.74 Å². The van der Waals surface area contributed by atoms with Gasteiger partial charge in [-0.25, -0.2) is 4.98 Å². The van der Waals surface area contributed by atoms with Crippen LogP contribution in [0.15, 0.2) is 36.9 Å². The molecule has 4 nitrogen and oxygen atoms in total. The fourth-order valence-corrected chi connectivity index (χ4v) is 2.21. The van der Waals surface area contributed by atoms with Crippen LogP contribution in [0.2, 0.25) is 0 Å². The SMILES string of the molecule is CCNC(C)c1ccc(OCCn2ccnc2)c(C)c1. The van der Waals surface area contributed by atoms with E-state index < -0.39 is 0 Å². The summed E-state index contributed by atoms with van der Waals surface area (Å²) in [6.07, 6.45) is 5.52. The predicted octanol–water partition coefficient (Wildman–Crippen LogP) is 2.94. The summed E-state index contributed by atoms with van der Waals surface area (Å²) in [5, 5.41) is 3.42. The summed E-state index contributed by atoms with van der Waals surface area (Å²) in [6, 6.07) is 6.76. The lowest BCUT2D eigenvalue weighted by Crippen LogP contribution is -2.17. The number of hydrogen-bond acceptors (Lipinski definition) is 3. The normalized spacial score (nSPS) is 12.3. The summed E-state index contributed by atoms with van der Waals surface area (Å²) in [4.78, 5) is 4.01. The monoisotopic (exact) mass is 273 g/mol. The summed E-state index contributed by atoms with van der Waals surface area (Å²) in [5.74, 6) is 0.956. The van der Waals surface area contributed by atoms with Crippen LogP contribution in [-0.2, 0) is 6.54 Å². The molecular formula is C16H23N3O. The van der Waals surface area contributed by atoms with Crippen LogP contribution in [0.3, 0.4) is 0 Å². The molecule has 20 heavy (non-hydrogen) atoms. The number of nitrogens with one attached hydrogen (secondary N) is 1. The van der Waals surface area contributed by atoms with E-state index in [-0.39, 0.29) is 0 Å². The molecular weight excluding hydrogens is 250 g/mol. The second kappa shape index (κ2) is 7.10. The third kappa shape index (κ3) is 3.84. The molecule has 0 amide bonds. The van der Waals surface area contributed by atoms with Crippen molar-refractivity contribution in [1.29, 1.82) is 0 Å². The largest absolute Gasteiger partial charge is 0.491 e. The highest BCUT2D eigenvalue weighted by Gasteiger charge is 2.06. The summed E-state index contributed by atoms with van der Waals surface area (Å²) >= 11 is 0. The van der Waals surface area contributed by atoms with Gasteiger partial charge in [-0.3, -0.25) is 0 Å². The van der Waals surface area contributed by atoms with Gasteiger partial charge in [0.15, 0.2) is 0 Å². The zero-order chi connectivity index (χ0) is 14.4. The maximum atomic E-state index is 5.84. The van der Waals surface area contributed by atoms with Crippen molar-refractivity contribution < 1.29 is 4.74 Å². The number of imidazole rings is 1. The molecule has 4 heteroatoms. The number of hydrogen-bond donors (Lipinski definition) is 1. The van der Waals surface area contributed by atoms with Crippen molar-refractivity contribution in [3.05, 3.63) is 48.0 Å². The Labute approximate surface area is 120 Å². The van der Waals surface area contributed by atoms with E-state index >= 15 is 0 Å². The molecule has 1 aromatic heterocycles. The third-order valence-electron chi connectivity index (χ3n) is 3.38. The minimum Gasteiger partial charge on any atom is -0.491 e. The Bertz CT molecular complexity index is 523. The number of benzene rings is 1. The van der Waals surface area contributed by atoms with Crippen molar-refractivity contribution in [3.8, 4) is 5.75 Å². The van der Waals surface area contributed by atoms with E-state index in [1.54, 1.807) is 12.5 Å². The number of ether oxygens (including phenoxy) is 1. The Morgan fingerprint density at radius 3 is 2.90 bits per heavy atom. The molecule has 0 bridgehead atoms. The minimum absolute atomic E-state index is 0.374. The summed E-state index contributed by atoms with van der Waals surface area (Å²) in [5.41, 5.74) is 2.48. The molecule has 1 heterocycles. The van der Waals surface area contributed by atoms with E-state index in [9.17, 15) is 0 Å². The van der Waals surface area contributed by atoms with E-state index in [2.05, 4.69) is 49.3 Å². The van der Waals surface area contributed by atoms with E-state index in [1.165, 1.54) is 11.1 Å². The topological polar surface area (TPSA) is 39.1 Å². The van der Waals surface area contributed by atoms with Gasteiger partial charge in [-0.2, -0.15) is 0 Å². The van der Waals surface area contributed by atoms with E-state index in [0.29, 0.717) is 12.6 Å². The van der Waals surface area contributed by atoms with Crippen molar-refractivity contribution in [2.45, 2.75) is 33.4 Å². The van der Waals surface area contributed by atoms with Crippen LogP contribution in [0, 0.1) is 6.92 Å². The first kappa shape index (κ1) is 14.6. The lowest BCUT2D eigenvalue weighted by atomic mass is 10.1. The molecule has 0 saturated carbocycles. The first-order valence-corrected chi connectivity index (χ1v) is 7.13. The van der Waals surface area contributed by atoms with Crippen LogP contribution in [0.25, 0.3) is 0 Å². The number of rotatable bonds is 7. The lowest BCUT2D eigenvalue weighted by molar-refractivity contribution is 0.296. The van der Waals surface area contributed by atoms with Gasteiger partial charge >= 0.3 is 0 Å². The number of aryl methyl sites for hydroxylation is 1. The van der Waals surface area contributed by atoms with Gasteiger partial charge in [-0.05, 0) is 37.6 Å². The van der Waals surface area contributed by atoms with Crippen molar-refractivity contribution in [2.24, 2.45) is 0 Å². The van der Waals surface area contributed by atoms with Crippen molar-refractivity contribution >= 4 is 0 Å². The Hall–Kier alpha value is -1.81. The molecule has 0 radical (unpaired) electrons. The molecule has 0 saturated heterocycles. The van der Waals surface area contributed by atoms with Crippen molar-refractivity contribution in [3.63, 3.8) is 0 Å². The second-order valence-electron chi connectivity index (χ2n) is 4.95. The Balaban J connectivity index is 1.92. The molecule has 0 spiro atoms. The molecule has 1 atom stereocenters. The smallest absolute Gasteiger partial charge is 0.122 e. The van der Waals surface area contributed by atoms with Gasteiger partial charge in [0.05, 0.1) is 12.9 Å². The van der Waals surface area contributed by atoms with Crippen LogP contribution in [-0.4, -0.2) is 22.7 Å². The summed E-state index contributed by atoms with van der Waals surface area (Å²) < 4.78 is 7.85. The Morgan fingerprint density at radius 2 is 2.25 bits per heavy atom. The molecule has 2 aromatic rings.